The molecule has 1 N–H and O–H groups in total. The average molecular weight is 515 g/mol. The Balaban J connectivity index is 1.37. The van der Waals surface area contributed by atoms with Gasteiger partial charge < -0.3 is 9.84 Å². The van der Waals surface area contributed by atoms with E-state index in [1.807, 2.05) is 18.2 Å². The summed E-state index contributed by atoms with van der Waals surface area (Å²) in [7, 11) is 0. The van der Waals surface area contributed by atoms with E-state index in [0.717, 1.165) is 18.4 Å². The van der Waals surface area contributed by atoms with Gasteiger partial charge in [0.25, 0.3) is 0 Å². The fourth-order valence-electron chi connectivity index (χ4n) is 4.90. The highest BCUT2D eigenvalue weighted by Gasteiger charge is 2.38. The Labute approximate surface area is 204 Å². The van der Waals surface area contributed by atoms with Crippen molar-refractivity contribution in [2.75, 3.05) is 19.7 Å². The molecule has 1 unspecified atom stereocenters. The van der Waals surface area contributed by atoms with Crippen LogP contribution in [0.4, 0.5) is 26.3 Å². The van der Waals surface area contributed by atoms with Gasteiger partial charge in [-0.1, -0.05) is 12.1 Å². The molecule has 10 heteroatoms. The number of carboxylic acid groups (broad SMARTS) is 1. The van der Waals surface area contributed by atoms with Gasteiger partial charge in [-0.3, -0.25) is 9.69 Å². The first-order valence-corrected chi connectivity index (χ1v) is 11.8. The van der Waals surface area contributed by atoms with Crippen molar-refractivity contribution in [1.82, 2.24) is 4.90 Å². The van der Waals surface area contributed by atoms with Crippen LogP contribution in [0.3, 0.4) is 0 Å². The highest BCUT2D eigenvalue weighted by atomic mass is 19.4. The number of ether oxygens (including phenoxy) is 1. The summed E-state index contributed by atoms with van der Waals surface area (Å²) >= 11 is 0. The highest BCUT2D eigenvalue weighted by Crippen LogP contribution is 2.45. The summed E-state index contributed by atoms with van der Waals surface area (Å²) in [5.74, 6) is 0.0467. The summed E-state index contributed by atoms with van der Waals surface area (Å²) < 4.78 is 85.4. The maximum absolute atomic E-state index is 13.4. The van der Waals surface area contributed by atoms with Crippen LogP contribution in [0.5, 0.6) is 5.75 Å². The molecule has 1 heterocycles. The van der Waals surface area contributed by atoms with Gasteiger partial charge in [0, 0.05) is 19.0 Å². The van der Waals surface area contributed by atoms with Crippen molar-refractivity contribution >= 4 is 5.97 Å². The van der Waals surface area contributed by atoms with Crippen LogP contribution in [0.1, 0.15) is 53.9 Å². The van der Waals surface area contributed by atoms with E-state index in [1.54, 1.807) is 11.0 Å². The minimum Gasteiger partial charge on any atom is -0.493 e. The van der Waals surface area contributed by atoms with Gasteiger partial charge in [0.2, 0.25) is 0 Å². The Morgan fingerprint density at radius 3 is 2.42 bits per heavy atom. The zero-order chi connectivity index (χ0) is 26.1. The summed E-state index contributed by atoms with van der Waals surface area (Å²) in [6.07, 6.45) is -6.76. The van der Waals surface area contributed by atoms with Gasteiger partial charge >= 0.3 is 18.3 Å². The van der Waals surface area contributed by atoms with Crippen LogP contribution < -0.4 is 4.74 Å². The molecule has 0 amide bonds. The van der Waals surface area contributed by atoms with Crippen molar-refractivity contribution in [2.24, 2.45) is 11.8 Å². The first-order chi connectivity index (χ1) is 16.9. The van der Waals surface area contributed by atoms with E-state index >= 15 is 0 Å². The molecule has 2 aromatic carbocycles. The van der Waals surface area contributed by atoms with E-state index in [4.69, 9.17) is 4.74 Å². The molecule has 2 aromatic rings. The Morgan fingerprint density at radius 1 is 1.03 bits per heavy atom. The van der Waals surface area contributed by atoms with Crippen LogP contribution in [0.2, 0.25) is 0 Å². The van der Waals surface area contributed by atoms with E-state index in [2.05, 4.69) is 0 Å². The van der Waals surface area contributed by atoms with Crippen LogP contribution in [0, 0.1) is 11.8 Å². The number of likely N-dealkylation sites (tertiary alicyclic amines) is 1. The van der Waals surface area contributed by atoms with Crippen molar-refractivity contribution in [3.05, 3.63) is 64.7 Å². The summed E-state index contributed by atoms with van der Waals surface area (Å²) in [6, 6.07) is 8.88. The molecular formula is C26H27F6NO3. The number of rotatable bonds is 9. The van der Waals surface area contributed by atoms with Crippen LogP contribution >= 0.6 is 0 Å². The second kappa shape index (κ2) is 10.3. The summed E-state index contributed by atoms with van der Waals surface area (Å²) in [5.41, 5.74) is -1.64. The van der Waals surface area contributed by atoms with Crippen molar-refractivity contribution < 1.29 is 41.0 Å². The Morgan fingerprint density at radius 2 is 1.78 bits per heavy atom. The van der Waals surface area contributed by atoms with Gasteiger partial charge in [0.05, 0.1) is 24.2 Å². The van der Waals surface area contributed by atoms with Crippen molar-refractivity contribution in [3.63, 3.8) is 0 Å². The molecule has 1 saturated heterocycles. The Bertz CT molecular complexity index is 1080. The van der Waals surface area contributed by atoms with Gasteiger partial charge in [-0.05, 0) is 79.1 Å². The van der Waals surface area contributed by atoms with Crippen molar-refractivity contribution in [3.8, 4) is 5.75 Å². The molecule has 0 spiro atoms. The molecule has 196 valence electrons. The predicted molar refractivity (Wildman–Crippen MR) is 119 cm³/mol. The lowest BCUT2D eigenvalue weighted by atomic mass is 9.91. The largest absolute Gasteiger partial charge is 0.493 e. The Kier molecular flexibility index (Phi) is 7.54. The lowest BCUT2D eigenvalue weighted by Gasteiger charge is -2.21. The summed E-state index contributed by atoms with van der Waals surface area (Å²) in [4.78, 5) is 13.0. The molecule has 36 heavy (non-hydrogen) atoms. The highest BCUT2D eigenvalue weighted by molar-refractivity contribution is 5.68. The van der Waals surface area contributed by atoms with Crippen LogP contribution in [-0.4, -0.2) is 35.7 Å². The van der Waals surface area contributed by atoms with Crippen molar-refractivity contribution in [1.29, 1.82) is 0 Å². The predicted octanol–water partition coefficient (Wildman–Crippen LogP) is 6.59. The molecule has 2 fully saturated rings. The third-order valence-corrected chi connectivity index (χ3v) is 6.86. The van der Waals surface area contributed by atoms with Crippen LogP contribution in [0.15, 0.2) is 42.5 Å². The first kappa shape index (κ1) is 26.3. The molecule has 0 aromatic heterocycles. The van der Waals surface area contributed by atoms with Gasteiger partial charge in [0.15, 0.2) is 0 Å². The van der Waals surface area contributed by atoms with E-state index in [0.29, 0.717) is 56.0 Å². The van der Waals surface area contributed by atoms with Crippen LogP contribution in [0.25, 0.3) is 0 Å². The van der Waals surface area contributed by atoms with Crippen molar-refractivity contribution in [2.45, 2.75) is 50.5 Å². The first-order valence-electron chi connectivity index (χ1n) is 11.8. The fourth-order valence-corrected chi connectivity index (χ4v) is 4.90. The molecule has 1 saturated carbocycles. The maximum Gasteiger partial charge on any atom is 0.416 e. The summed E-state index contributed by atoms with van der Waals surface area (Å²) in [5, 5.41) is 9.23. The molecular weight excluding hydrogens is 488 g/mol. The number of carbonyl (C=O) groups is 1. The molecule has 1 aliphatic heterocycles. The minimum atomic E-state index is -4.74. The zero-order valence-electron chi connectivity index (χ0n) is 19.4. The van der Waals surface area contributed by atoms with Gasteiger partial charge in [-0.2, -0.15) is 26.3 Å². The standard InChI is InChI=1S/C26H27F6NO3/c27-25(28,29)20-6-7-23(26(30,31)32)19(10-20)14-33-9-8-16(13-33)15-36-21-3-1-2-18(11-21)22(12-24(34)35)17-4-5-17/h1-3,6-7,10-11,16-17,22H,4-5,8-9,12-15H2,(H,34,35)/t16?,22-/m0/s1. The second-order valence-corrected chi connectivity index (χ2v) is 9.68. The number of benzene rings is 2. The van der Waals surface area contributed by atoms with Gasteiger partial charge in [-0.25, -0.2) is 0 Å². The molecule has 0 radical (unpaired) electrons. The average Bonchev–Trinajstić information content (AvgIpc) is 3.54. The van der Waals surface area contributed by atoms with Gasteiger partial charge in [-0.15, -0.1) is 0 Å². The van der Waals surface area contributed by atoms with Gasteiger partial charge in [0.1, 0.15) is 5.75 Å². The number of aliphatic carboxylic acids is 1. The fraction of sp³-hybridized carbons (Fsp3) is 0.500. The Hall–Kier alpha value is -2.75. The second-order valence-electron chi connectivity index (χ2n) is 9.68. The number of hydrogen-bond donors (Lipinski definition) is 1. The van der Waals surface area contributed by atoms with E-state index in [1.165, 1.54) is 0 Å². The number of nitrogens with zero attached hydrogens (tertiary/aromatic N) is 1. The molecule has 0 bridgehead atoms. The van der Waals surface area contributed by atoms with Crippen LogP contribution in [-0.2, 0) is 23.7 Å². The monoisotopic (exact) mass is 515 g/mol. The maximum atomic E-state index is 13.4. The summed E-state index contributed by atoms with van der Waals surface area (Å²) in [6.45, 7) is 0.922. The zero-order valence-corrected chi connectivity index (χ0v) is 19.4. The SMILES string of the molecule is O=C(O)C[C@H](c1cccc(OCC2CCN(Cc3cc(C(F)(F)F)ccc3C(F)(F)F)C2)c1)C1CC1. The lowest BCUT2D eigenvalue weighted by Crippen LogP contribution is -2.24. The third-order valence-electron chi connectivity index (χ3n) is 6.86. The van der Waals surface area contributed by atoms with E-state index in [9.17, 15) is 36.2 Å². The quantitative estimate of drug-likeness (QED) is 0.383. The van der Waals surface area contributed by atoms with E-state index < -0.39 is 35.0 Å². The molecule has 4 nitrogen and oxygen atoms in total. The number of alkyl halides is 6. The molecule has 4 rings (SSSR count). The lowest BCUT2D eigenvalue weighted by molar-refractivity contribution is -0.142. The number of carboxylic acids is 1. The molecule has 2 aliphatic rings. The molecule has 1 aliphatic carbocycles. The third kappa shape index (κ3) is 6.72. The molecule has 2 atom stereocenters. The number of hydrogen-bond acceptors (Lipinski definition) is 3. The minimum absolute atomic E-state index is 0.00652. The normalized spacial score (nSPS) is 19.9. The van der Waals surface area contributed by atoms with E-state index in [-0.39, 0.29) is 24.8 Å². The number of halogens is 6. The smallest absolute Gasteiger partial charge is 0.416 e. The topological polar surface area (TPSA) is 49.8 Å².